The molecular formula is C22H18F3N3O5S2. The van der Waals surface area contributed by atoms with Crippen LogP contribution in [-0.4, -0.2) is 39.2 Å². The van der Waals surface area contributed by atoms with Crippen molar-refractivity contribution in [2.24, 2.45) is 0 Å². The minimum absolute atomic E-state index is 0.229. The number of carbonyl (C=O) groups is 3. The molecule has 184 valence electrons. The van der Waals surface area contributed by atoms with Gasteiger partial charge in [-0.25, -0.2) is 13.2 Å². The van der Waals surface area contributed by atoms with Gasteiger partial charge in [0.1, 0.15) is 4.21 Å². The van der Waals surface area contributed by atoms with Crippen molar-refractivity contribution < 1.29 is 36.0 Å². The van der Waals surface area contributed by atoms with Gasteiger partial charge in [0.05, 0.1) is 17.0 Å². The van der Waals surface area contributed by atoms with Gasteiger partial charge in [0, 0.05) is 18.4 Å². The molecule has 1 aromatic heterocycles. The molecule has 1 heterocycles. The van der Waals surface area contributed by atoms with Crippen molar-refractivity contribution in [2.75, 3.05) is 22.0 Å². The third-order valence-electron chi connectivity index (χ3n) is 4.63. The average molecular weight is 526 g/mol. The number of nitrogens with zero attached hydrogens (tertiary/aromatic N) is 1. The number of sulfonamides is 1. The van der Waals surface area contributed by atoms with E-state index in [1.165, 1.54) is 31.3 Å². The van der Waals surface area contributed by atoms with E-state index in [4.69, 9.17) is 0 Å². The summed E-state index contributed by atoms with van der Waals surface area (Å²) in [5.41, 5.74) is 1.21. The van der Waals surface area contributed by atoms with Gasteiger partial charge in [0.15, 0.2) is 5.78 Å². The summed E-state index contributed by atoms with van der Waals surface area (Å²) in [6, 6.07) is 16.2. The van der Waals surface area contributed by atoms with Crippen LogP contribution in [0.5, 0.6) is 0 Å². The Morgan fingerprint density at radius 2 is 1.46 bits per heavy atom. The molecule has 0 atom stereocenters. The number of hydrogen-bond donors (Lipinski definition) is 2. The van der Waals surface area contributed by atoms with E-state index in [0.717, 1.165) is 16.4 Å². The number of urea groups is 1. The maximum absolute atomic E-state index is 12.9. The third kappa shape index (κ3) is 6.45. The zero-order chi connectivity index (χ0) is 25.8. The minimum Gasteiger partial charge on any atom is -0.308 e. The maximum Gasteiger partial charge on any atom is 0.450 e. The van der Waals surface area contributed by atoms with Crippen molar-refractivity contribution in [2.45, 2.75) is 16.8 Å². The highest BCUT2D eigenvalue weighted by atomic mass is 32.2. The first-order chi connectivity index (χ1) is 16.4. The Labute approximate surface area is 202 Å². The fourth-order valence-electron chi connectivity index (χ4n) is 2.79. The molecule has 0 aliphatic heterocycles. The Bertz CT molecular complexity index is 1340. The molecule has 13 heteroatoms. The van der Waals surface area contributed by atoms with Crippen molar-refractivity contribution in [1.29, 1.82) is 0 Å². The molecule has 0 saturated carbocycles. The molecule has 0 bridgehead atoms. The lowest BCUT2D eigenvalue weighted by Crippen LogP contribution is -2.26. The minimum atomic E-state index is -5.15. The number of anilines is 3. The second-order valence-electron chi connectivity index (χ2n) is 7.10. The number of halogens is 3. The number of benzene rings is 2. The molecule has 0 saturated heterocycles. The van der Waals surface area contributed by atoms with Crippen LogP contribution >= 0.6 is 11.3 Å². The SMILES string of the molecule is CN(c1ccc(NC(=O)Nc2ccccc2)cc1)S(=O)(=O)c1ccc(C(=O)CC(=O)C(F)(F)F)s1. The molecule has 3 rings (SSSR count). The van der Waals surface area contributed by atoms with Gasteiger partial charge in [-0.1, -0.05) is 18.2 Å². The number of amides is 2. The van der Waals surface area contributed by atoms with Gasteiger partial charge < -0.3 is 10.6 Å². The summed E-state index contributed by atoms with van der Waals surface area (Å²) in [5, 5.41) is 5.25. The van der Waals surface area contributed by atoms with Crippen LogP contribution in [0.25, 0.3) is 0 Å². The fraction of sp³-hybridized carbons (Fsp3) is 0.136. The number of alkyl halides is 3. The van der Waals surface area contributed by atoms with Crippen LogP contribution in [0, 0.1) is 0 Å². The monoisotopic (exact) mass is 525 g/mol. The van der Waals surface area contributed by atoms with E-state index in [1.807, 2.05) is 0 Å². The number of carbonyl (C=O) groups excluding carboxylic acids is 3. The van der Waals surface area contributed by atoms with Gasteiger partial charge in [0.2, 0.25) is 5.78 Å². The Kier molecular flexibility index (Phi) is 7.60. The molecule has 0 unspecified atom stereocenters. The van der Waals surface area contributed by atoms with Crippen LogP contribution in [0.1, 0.15) is 16.1 Å². The van der Waals surface area contributed by atoms with E-state index in [2.05, 4.69) is 10.6 Å². The zero-order valence-electron chi connectivity index (χ0n) is 18.0. The maximum atomic E-state index is 12.9. The molecule has 8 nitrogen and oxygen atoms in total. The standard InChI is InChI=1S/C22H18F3N3O5S2/c1-28(16-9-7-15(8-10-16)27-21(31)26-14-5-3-2-4-6-14)35(32,33)20-12-11-18(34-20)17(29)13-19(30)22(23,24)25/h2-12H,13H2,1H3,(H2,26,27,31). The van der Waals surface area contributed by atoms with Gasteiger partial charge in [-0.05, 0) is 48.5 Å². The summed E-state index contributed by atoms with van der Waals surface area (Å²) >= 11 is 0.472. The van der Waals surface area contributed by atoms with Gasteiger partial charge in [-0.2, -0.15) is 13.2 Å². The van der Waals surface area contributed by atoms with Gasteiger partial charge in [-0.15, -0.1) is 11.3 Å². The summed E-state index contributed by atoms with van der Waals surface area (Å²) in [4.78, 5) is 34.8. The molecule has 0 aliphatic rings. The van der Waals surface area contributed by atoms with E-state index in [1.54, 1.807) is 30.3 Å². The van der Waals surface area contributed by atoms with Crippen molar-refractivity contribution in [3.63, 3.8) is 0 Å². The fourth-order valence-corrected chi connectivity index (χ4v) is 5.40. The zero-order valence-corrected chi connectivity index (χ0v) is 19.6. The van der Waals surface area contributed by atoms with Gasteiger partial charge in [-0.3, -0.25) is 13.9 Å². The Hall–Kier alpha value is -3.71. The van der Waals surface area contributed by atoms with Crippen LogP contribution < -0.4 is 14.9 Å². The molecule has 2 amide bonds. The number of hydrogen-bond acceptors (Lipinski definition) is 6. The first kappa shape index (κ1) is 25.9. The Morgan fingerprint density at radius 3 is 2.03 bits per heavy atom. The van der Waals surface area contributed by atoms with Crippen LogP contribution in [-0.2, 0) is 14.8 Å². The van der Waals surface area contributed by atoms with Crippen LogP contribution in [0.3, 0.4) is 0 Å². The van der Waals surface area contributed by atoms with Crippen LogP contribution in [0.2, 0.25) is 0 Å². The van der Waals surface area contributed by atoms with Crippen molar-refractivity contribution >= 4 is 56.0 Å². The smallest absolute Gasteiger partial charge is 0.308 e. The second-order valence-corrected chi connectivity index (χ2v) is 10.4. The summed E-state index contributed by atoms with van der Waals surface area (Å²) in [6.07, 6.45) is -6.54. The highest BCUT2D eigenvalue weighted by Crippen LogP contribution is 2.30. The molecule has 3 aromatic rings. The number of para-hydroxylation sites is 1. The van der Waals surface area contributed by atoms with Gasteiger partial charge >= 0.3 is 12.2 Å². The summed E-state index contributed by atoms with van der Waals surface area (Å²) in [7, 11) is -2.89. The molecule has 0 spiro atoms. The van der Waals surface area contributed by atoms with Gasteiger partial charge in [0.25, 0.3) is 10.0 Å². The number of rotatable bonds is 8. The largest absolute Gasteiger partial charge is 0.450 e. The molecule has 0 aliphatic carbocycles. The van der Waals surface area contributed by atoms with Crippen molar-refractivity contribution in [3.05, 3.63) is 71.6 Å². The predicted molar refractivity (Wildman–Crippen MR) is 125 cm³/mol. The molecule has 2 N–H and O–H groups in total. The molecule has 35 heavy (non-hydrogen) atoms. The lowest BCUT2D eigenvalue weighted by Gasteiger charge is -2.19. The second kappa shape index (κ2) is 10.3. The van der Waals surface area contributed by atoms with E-state index >= 15 is 0 Å². The predicted octanol–water partition coefficient (Wildman–Crippen LogP) is 4.92. The Balaban J connectivity index is 1.67. The van der Waals surface area contributed by atoms with Crippen LogP contribution in [0.4, 0.5) is 35.0 Å². The highest BCUT2D eigenvalue weighted by Gasteiger charge is 2.39. The molecule has 0 radical (unpaired) electrons. The number of nitrogens with one attached hydrogen (secondary N) is 2. The Morgan fingerprint density at radius 1 is 0.886 bits per heavy atom. The normalized spacial score (nSPS) is 11.5. The summed E-state index contributed by atoms with van der Waals surface area (Å²) in [6.45, 7) is 0. The topological polar surface area (TPSA) is 113 Å². The van der Waals surface area contributed by atoms with E-state index in [0.29, 0.717) is 22.7 Å². The third-order valence-corrected chi connectivity index (χ3v) is 8.01. The van der Waals surface area contributed by atoms with E-state index in [-0.39, 0.29) is 14.8 Å². The van der Waals surface area contributed by atoms with E-state index < -0.39 is 40.2 Å². The quantitative estimate of drug-likeness (QED) is 0.320. The number of thiophene rings is 1. The van der Waals surface area contributed by atoms with Crippen molar-refractivity contribution in [1.82, 2.24) is 0 Å². The van der Waals surface area contributed by atoms with E-state index in [9.17, 15) is 36.0 Å². The average Bonchev–Trinajstić information content (AvgIpc) is 3.30. The highest BCUT2D eigenvalue weighted by molar-refractivity contribution is 7.94. The number of ketones is 2. The molecule has 2 aromatic carbocycles. The van der Waals surface area contributed by atoms with Crippen molar-refractivity contribution in [3.8, 4) is 0 Å². The number of Topliss-reactive ketones (excluding diaryl/α,β-unsaturated/α-hetero) is 2. The molecular weight excluding hydrogens is 507 g/mol. The molecule has 0 fully saturated rings. The summed E-state index contributed by atoms with van der Waals surface area (Å²) < 4.78 is 63.6. The lowest BCUT2D eigenvalue weighted by molar-refractivity contribution is -0.170. The summed E-state index contributed by atoms with van der Waals surface area (Å²) in [5.74, 6) is -3.32. The first-order valence-electron chi connectivity index (χ1n) is 9.83. The lowest BCUT2D eigenvalue weighted by atomic mass is 10.2. The van der Waals surface area contributed by atoms with Crippen LogP contribution in [0.15, 0.2) is 70.9 Å². The first-order valence-corrected chi connectivity index (χ1v) is 12.1.